The summed E-state index contributed by atoms with van der Waals surface area (Å²) in [5, 5.41) is 0. The van der Waals surface area contributed by atoms with Crippen LogP contribution in [-0.4, -0.2) is 4.98 Å². The van der Waals surface area contributed by atoms with Crippen molar-refractivity contribution in [1.29, 1.82) is 0 Å². The van der Waals surface area contributed by atoms with Gasteiger partial charge >= 0.3 is 0 Å². The molecule has 16 heavy (non-hydrogen) atoms. The van der Waals surface area contributed by atoms with Gasteiger partial charge < -0.3 is 4.74 Å². The quantitative estimate of drug-likeness (QED) is 0.778. The lowest BCUT2D eigenvalue weighted by Crippen LogP contribution is -2.03. The van der Waals surface area contributed by atoms with Crippen molar-refractivity contribution in [2.24, 2.45) is 0 Å². The van der Waals surface area contributed by atoms with Crippen LogP contribution in [0, 0.1) is 6.92 Å². The molecule has 0 amide bonds. The standard InChI is InChI=1S/C14H15NO/c1-11-6-8-13(9-7-11)12(2)16-14-5-3-4-10-15-14/h3-10,12H,1-2H3. The molecule has 0 fully saturated rings. The van der Waals surface area contributed by atoms with Crippen LogP contribution in [0.1, 0.15) is 24.2 Å². The Hall–Kier alpha value is -1.83. The predicted molar refractivity (Wildman–Crippen MR) is 64.5 cm³/mol. The number of ether oxygens (including phenoxy) is 1. The molecular formula is C14H15NO. The molecule has 0 aliphatic rings. The largest absolute Gasteiger partial charge is 0.470 e. The van der Waals surface area contributed by atoms with E-state index in [0.29, 0.717) is 5.88 Å². The number of hydrogen-bond acceptors (Lipinski definition) is 2. The summed E-state index contributed by atoms with van der Waals surface area (Å²) in [6, 6.07) is 14.0. The van der Waals surface area contributed by atoms with Crippen LogP contribution in [0.4, 0.5) is 0 Å². The van der Waals surface area contributed by atoms with Gasteiger partial charge in [0.2, 0.25) is 5.88 Å². The molecule has 0 saturated carbocycles. The van der Waals surface area contributed by atoms with Gasteiger partial charge in [0.25, 0.3) is 0 Å². The molecular weight excluding hydrogens is 198 g/mol. The van der Waals surface area contributed by atoms with Gasteiger partial charge in [0.15, 0.2) is 0 Å². The second-order valence-corrected chi connectivity index (χ2v) is 3.84. The van der Waals surface area contributed by atoms with Crippen LogP contribution in [-0.2, 0) is 0 Å². The Kier molecular flexibility index (Phi) is 3.20. The van der Waals surface area contributed by atoms with Crippen LogP contribution >= 0.6 is 0 Å². The van der Waals surface area contributed by atoms with Crippen molar-refractivity contribution in [1.82, 2.24) is 4.98 Å². The van der Waals surface area contributed by atoms with Crippen molar-refractivity contribution in [3.05, 3.63) is 59.8 Å². The first-order valence-electron chi connectivity index (χ1n) is 5.40. The highest BCUT2D eigenvalue weighted by Crippen LogP contribution is 2.19. The van der Waals surface area contributed by atoms with Crippen molar-refractivity contribution >= 4 is 0 Å². The van der Waals surface area contributed by atoms with Gasteiger partial charge in [-0.3, -0.25) is 0 Å². The predicted octanol–water partition coefficient (Wildman–Crippen LogP) is 3.53. The minimum absolute atomic E-state index is 0.0236. The van der Waals surface area contributed by atoms with Crippen molar-refractivity contribution in [2.45, 2.75) is 20.0 Å². The zero-order valence-corrected chi connectivity index (χ0v) is 9.55. The van der Waals surface area contributed by atoms with Crippen LogP contribution in [0.15, 0.2) is 48.7 Å². The second-order valence-electron chi connectivity index (χ2n) is 3.84. The van der Waals surface area contributed by atoms with Crippen molar-refractivity contribution in [3.63, 3.8) is 0 Å². The normalized spacial score (nSPS) is 12.1. The summed E-state index contributed by atoms with van der Waals surface area (Å²) < 4.78 is 5.73. The van der Waals surface area contributed by atoms with Gasteiger partial charge in [-0.2, -0.15) is 0 Å². The maximum Gasteiger partial charge on any atom is 0.213 e. The molecule has 0 N–H and O–H groups in total. The first-order chi connectivity index (χ1) is 7.75. The molecule has 2 heteroatoms. The molecule has 0 bridgehead atoms. The van der Waals surface area contributed by atoms with Gasteiger partial charge in [0, 0.05) is 12.3 Å². The maximum atomic E-state index is 5.73. The first kappa shape index (κ1) is 10.7. The number of pyridine rings is 1. The Morgan fingerprint density at radius 2 is 1.81 bits per heavy atom. The summed E-state index contributed by atoms with van der Waals surface area (Å²) in [5.74, 6) is 0.663. The topological polar surface area (TPSA) is 22.1 Å². The van der Waals surface area contributed by atoms with Crippen LogP contribution < -0.4 is 4.74 Å². The molecule has 0 aliphatic heterocycles. The van der Waals surface area contributed by atoms with E-state index in [4.69, 9.17) is 4.74 Å². The first-order valence-corrected chi connectivity index (χ1v) is 5.40. The van der Waals surface area contributed by atoms with Gasteiger partial charge in [-0.15, -0.1) is 0 Å². The summed E-state index contributed by atoms with van der Waals surface area (Å²) in [6.45, 7) is 4.10. The van der Waals surface area contributed by atoms with Crippen LogP contribution in [0.25, 0.3) is 0 Å². The van der Waals surface area contributed by atoms with E-state index >= 15 is 0 Å². The van der Waals surface area contributed by atoms with E-state index in [0.717, 1.165) is 5.56 Å². The molecule has 2 aromatic rings. The van der Waals surface area contributed by atoms with E-state index in [1.54, 1.807) is 6.20 Å². The monoisotopic (exact) mass is 213 g/mol. The van der Waals surface area contributed by atoms with E-state index in [9.17, 15) is 0 Å². The molecule has 82 valence electrons. The summed E-state index contributed by atoms with van der Waals surface area (Å²) in [6.07, 6.45) is 1.76. The molecule has 1 unspecified atom stereocenters. The van der Waals surface area contributed by atoms with Crippen LogP contribution in [0.5, 0.6) is 5.88 Å². The SMILES string of the molecule is Cc1ccc(C(C)Oc2ccccn2)cc1. The number of nitrogens with zero attached hydrogens (tertiary/aromatic N) is 1. The third-order valence-electron chi connectivity index (χ3n) is 2.48. The molecule has 2 nitrogen and oxygen atoms in total. The van der Waals surface area contributed by atoms with Crippen molar-refractivity contribution < 1.29 is 4.74 Å². The highest BCUT2D eigenvalue weighted by molar-refractivity contribution is 5.23. The number of aromatic nitrogens is 1. The third kappa shape index (κ3) is 2.60. The van der Waals surface area contributed by atoms with Gasteiger partial charge in [-0.25, -0.2) is 4.98 Å². The minimum Gasteiger partial charge on any atom is -0.470 e. The smallest absolute Gasteiger partial charge is 0.213 e. The number of rotatable bonds is 3. The lowest BCUT2D eigenvalue weighted by Gasteiger charge is -2.14. The van der Waals surface area contributed by atoms with Crippen LogP contribution in [0.3, 0.4) is 0 Å². The summed E-state index contributed by atoms with van der Waals surface area (Å²) >= 11 is 0. The Morgan fingerprint density at radius 3 is 2.44 bits per heavy atom. The lowest BCUT2D eigenvalue weighted by atomic mass is 10.1. The van der Waals surface area contributed by atoms with Crippen molar-refractivity contribution in [3.8, 4) is 5.88 Å². The summed E-state index contributed by atoms with van der Waals surface area (Å²) in [4.78, 5) is 4.14. The minimum atomic E-state index is 0.0236. The molecule has 0 radical (unpaired) electrons. The van der Waals surface area contributed by atoms with E-state index in [-0.39, 0.29) is 6.10 Å². The number of benzene rings is 1. The molecule has 0 saturated heterocycles. The molecule has 0 spiro atoms. The van der Waals surface area contributed by atoms with Gasteiger partial charge in [0.1, 0.15) is 6.10 Å². The molecule has 1 heterocycles. The fourth-order valence-electron chi connectivity index (χ4n) is 1.50. The van der Waals surface area contributed by atoms with E-state index < -0.39 is 0 Å². The second kappa shape index (κ2) is 4.79. The number of aryl methyl sites for hydroxylation is 1. The zero-order chi connectivity index (χ0) is 11.4. The Bertz CT molecular complexity index is 436. The highest BCUT2D eigenvalue weighted by atomic mass is 16.5. The molecule has 0 aliphatic carbocycles. The van der Waals surface area contributed by atoms with Gasteiger partial charge in [-0.1, -0.05) is 35.9 Å². The van der Waals surface area contributed by atoms with E-state index in [1.807, 2.05) is 25.1 Å². The van der Waals surface area contributed by atoms with Gasteiger partial charge in [-0.05, 0) is 25.5 Å². The average Bonchev–Trinajstić information content (AvgIpc) is 2.31. The fraction of sp³-hybridized carbons (Fsp3) is 0.214. The molecule has 1 atom stereocenters. The lowest BCUT2D eigenvalue weighted by molar-refractivity contribution is 0.217. The Morgan fingerprint density at radius 1 is 1.06 bits per heavy atom. The Balaban J connectivity index is 2.09. The highest BCUT2D eigenvalue weighted by Gasteiger charge is 2.06. The van der Waals surface area contributed by atoms with Gasteiger partial charge in [0.05, 0.1) is 0 Å². The number of hydrogen-bond donors (Lipinski definition) is 0. The Labute approximate surface area is 95.9 Å². The fourth-order valence-corrected chi connectivity index (χ4v) is 1.50. The average molecular weight is 213 g/mol. The molecule has 2 rings (SSSR count). The van der Waals surface area contributed by atoms with Crippen LogP contribution in [0.2, 0.25) is 0 Å². The third-order valence-corrected chi connectivity index (χ3v) is 2.48. The molecule has 1 aromatic carbocycles. The summed E-state index contributed by atoms with van der Waals surface area (Å²) in [7, 11) is 0. The maximum absolute atomic E-state index is 5.73. The zero-order valence-electron chi connectivity index (χ0n) is 9.55. The van der Waals surface area contributed by atoms with E-state index in [2.05, 4.69) is 36.2 Å². The van der Waals surface area contributed by atoms with Crippen molar-refractivity contribution in [2.75, 3.05) is 0 Å². The molecule has 1 aromatic heterocycles. The summed E-state index contributed by atoms with van der Waals surface area (Å²) in [5.41, 5.74) is 2.42. The van der Waals surface area contributed by atoms with E-state index in [1.165, 1.54) is 5.56 Å².